The SMILES string of the molecule is Br.CC(N)N. The summed E-state index contributed by atoms with van der Waals surface area (Å²) in [5.74, 6) is 0. The number of hydrogen-bond donors (Lipinski definition) is 2. The molecule has 4 N–H and O–H groups in total. The molecule has 0 rings (SSSR count). The standard InChI is InChI=1S/C2H8N2.BrH/c1-2(3)4;/h2H,3-4H2,1H3;1H. The van der Waals surface area contributed by atoms with Crippen LogP contribution in [-0.4, -0.2) is 6.17 Å². The molecule has 0 radical (unpaired) electrons. The van der Waals surface area contributed by atoms with Gasteiger partial charge in [0.05, 0.1) is 0 Å². The molecule has 0 atom stereocenters. The molecule has 0 aromatic rings. The lowest BCUT2D eigenvalue weighted by Crippen LogP contribution is -2.25. The van der Waals surface area contributed by atoms with E-state index in [1.54, 1.807) is 6.92 Å². The average Bonchev–Trinajstić information content (AvgIpc) is 0.811. The van der Waals surface area contributed by atoms with Crippen LogP contribution in [-0.2, 0) is 0 Å². The zero-order chi connectivity index (χ0) is 3.58. The van der Waals surface area contributed by atoms with Crippen molar-refractivity contribution in [2.24, 2.45) is 11.5 Å². The molecule has 0 saturated heterocycles. The summed E-state index contributed by atoms with van der Waals surface area (Å²) >= 11 is 0. The van der Waals surface area contributed by atoms with Crippen LogP contribution < -0.4 is 11.5 Å². The topological polar surface area (TPSA) is 52.0 Å². The highest BCUT2D eigenvalue weighted by Gasteiger charge is 1.66. The lowest BCUT2D eigenvalue weighted by atomic mass is 10.7. The Morgan fingerprint density at radius 3 is 1.40 bits per heavy atom. The van der Waals surface area contributed by atoms with Crippen LogP contribution in [0.3, 0.4) is 0 Å². The molecular formula is C2H9BrN2. The molecule has 0 aromatic carbocycles. The van der Waals surface area contributed by atoms with Gasteiger partial charge in [-0.1, -0.05) is 0 Å². The fraction of sp³-hybridized carbons (Fsp3) is 1.00. The molecule has 0 aliphatic rings. The van der Waals surface area contributed by atoms with E-state index in [-0.39, 0.29) is 23.1 Å². The predicted octanol–water partition coefficient (Wildman–Crippen LogP) is -0.172. The van der Waals surface area contributed by atoms with E-state index < -0.39 is 0 Å². The van der Waals surface area contributed by atoms with E-state index in [1.807, 2.05) is 0 Å². The van der Waals surface area contributed by atoms with Crippen LogP contribution >= 0.6 is 17.0 Å². The minimum Gasteiger partial charge on any atom is -0.316 e. The van der Waals surface area contributed by atoms with Crippen LogP contribution in [0.4, 0.5) is 0 Å². The number of hydrogen-bond acceptors (Lipinski definition) is 2. The van der Waals surface area contributed by atoms with Crippen molar-refractivity contribution in [3.05, 3.63) is 0 Å². The molecule has 0 amide bonds. The quantitative estimate of drug-likeness (QED) is 0.460. The van der Waals surface area contributed by atoms with Gasteiger partial charge in [0.25, 0.3) is 0 Å². The molecule has 34 valence electrons. The van der Waals surface area contributed by atoms with Gasteiger partial charge in [0, 0.05) is 6.17 Å². The largest absolute Gasteiger partial charge is 0.316 e. The monoisotopic (exact) mass is 140 g/mol. The van der Waals surface area contributed by atoms with Crippen molar-refractivity contribution < 1.29 is 0 Å². The van der Waals surface area contributed by atoms with Crippen LogP contribution in [0.2, 0.25) is 0 Å². The van der Waals surface area contributed by atoms with Crippen molar-refractivity contribution in [2.75, 3.05) is 0 Å². The Morgan fingerprint density at radius 1 is 1.40 bits per heavy atom. The van der Waals surface area contributed by atoms with Gasteiger partial charge >= 0.3 is 0 Å². The van der Waals surface area contributed by atoms with Crippen LogP contribution in [0.15, 0.2) is 0 Å². The molecule has 2 nitrogen and oxygen atoms in total. The molecule has 0 saturated carbocycles. The molecule has 0 spiro atoms. The van der Waals surface area contributed by atoms with Crippen LogP contribution in [0.25, 0.3) is 0 Å². The van der Waals surface area contributed by atoms with E-state index >= 15 is 0 Å². The van der Waals surface area contributed by atoms with Gasteiger partial charge in [0.1, 0.15) is 0 Å². The molecular weight excluding hydrogens is 132 g/mol. The van der Waals surface area contributed by atoms with E-state index in [0.717, 1.165) is 0 Å². The first-order valence-electron chi connectivity index (χ1n) is 1.24. The molecule has 0 heterocycles. The molecule has 0 aromatic heterocycles. The zero-order valence-corrected chi connectivity index (χ0v) is 4.85. The highest BCUT2D eigenvalue weighted by atomic mass is 79.9. The summed E-state index contributed by atoms with van der Waals surface area (Å²) < 4.78 is 0. The van der Waals surface area contributed by atoms with E-state index in [4.69, 9.17) is 11.5 Å². The summed E-state index contributed by atoms with van der Waals surface area (Å²) in [6.07, 6.45) is -0.167. The highest BCUT2D eigenvalue weighted by molar-refractivity contribution is 8.93. The van der Waals surface area contributed by atoms with E-state index in [0.29, 0.717) is 0 Å². The Hall–Kier alpha value is 0.400. The fourth-order valence-corrected chi connectivity index (χ4v) is 0. The number of rotatable bonds is 0. The van der Waals surface area contributed by atoms with Gasteiger partial charge < -0.3 is 11.5 Å². The van der Waals surface area contributed by atoms with Gasteiger partial charge in [-0.2, -0.15) is 0 Å². The smallest absolute Gasteiger partial charge is 0.0491 e. The maximum absolute atomic E-state index is 4.89. The summed E-state index contributed by atoms with van der Waals surface area (Å²) in [6.45, 7) is 1.72. The first-order chi connectivity index (χ1) is 1.73. The fourth-order valence-electron chi connectivity index (χ4n) is 0. The second-order valence-corrected chi connectivity index (χ2v) is 0.859. The van der Waals surface area contributed by atoms with Crippen molar-refractivity contribution in [1.29, 1.82) is 0 Å². The maximum Gasteiger partial charge on any atom is 0.0491 e. The first-order valence-corrected chi connectivity index (χ1v) is 1.24. The Kier molecular flexibility index (Phi) is 7.96. The predicted molar refractivity (Wildman–Crippen MR) is 28.2 cm³/mol. The van der Waals surface area contributed by atoms with Crippen molar-refractivity contribution in [2.45, 2.75) is 13.1 Å². The third kappa shape index (κ3) is 158. The summed E-state index contributed by atoms with van der Waals surface area (Å²) in [5.41, 5.74) is 9.78. The zero-order valence-electron chi connectivity index (χ0n) is 3.14. The molecule has 0 bridgehead atoms. The van der Waals surface area contributed by atoms with Crippen LogP contribution in [0, 0.1) is 0 Å². The molecule has 0 aliphatic carbocycles. The van der Waals surface area contributed by atoms with Crippen molar-refractivity contribution in [3.8, 4) is 0 Å². The minimum absolute atomic E-state index is 0. The summed E-state index contributed by atoms with van der Waals surface area (Å²) in [4.78, 5) is 0. The summed E-state index contributed by atoms with van der Waals surface area (Å²) in [5, 5.41) is 0. The maximum atomic E-state index is 4.89. The van der Waals surface area contributed by atoms with E-state index in [1.165, 1.54) is 0 Å². The van der Waals surface area contributed by atoms with Crippen LogP contribution in [0.5, 0.6) is 0 Å². The third-order valence-corrected chi connectivity index (χ3v) is 0. The molecule has 0 unspecified atom stereocenters. The summed E-state index contributed by atoms with van der Waals surface area (Å²) in [7, 11) is 0. The van der Waals surface area contributed by atoms with Gasteiger partial charge in [-0.05, 0) is 6.92 Å². The van der Waals surface area contributed by atoms with Gasteiger partial charge in [-0.25, -0.2) is 0 Å². The van der Waals surface area contributed by atoms with Crippen LogP contribution in [0.1, 0.15) is 6.92 Å². The Bertz CT molecular complexity index is 12.4. The number of nitrogens with two attached hydrogens (primary N) is 2. The Morgan fingerprint density at radius 2 is 1.40 bits per heavy atom. The lowest BCUT2D eigenvalue weighted by Gasteiger charge is -1.83. The average molecular weight is 141 g/mol. The van der Waals surface area contributed by atoms with E-state index in [9.17, 15) is 0 Å². The second kappa shape index (κ2) is 4.40. The second-order valence-electron chi connectivity index (χ2n) is 0.859. The van der Waals surface area contributed by atoms with Crippen molar-refractivity contribution >= 4 is 17.0 Å². The summed E-state index contributed by atoms with van der Waals surface area (Å²) in [6, 6.07) is 0. The Labute approximate surface area is 42.3 Å². The van der Waals surface area contributed by atoms with E-state index in [2.05, 4.69) is 0 Å². The highest BCUT2D eigenvalue weighted by Crippen LogP contribution is 1.41. The van der Waals surface area contributed by atoms with Gasteiger partial charge in [0.2, 0.25) is 0 Å². The molecule has 3 heteroatoms. The molecule has 5 heavy (non-hydrogen) atoms. The van der Waals surface area contributed by atoms with Gasteiger partial charge in [-0.15, -0.1) is 17.0 Å². The lowest BCUT2D eigenvalue weighted by molar-refractivity contribution is 0.790. The Balaban J connectivity index is 0. The third-order valence-electron chi connectivity index (χ3n) is 0. The first kappa shape index (κ1) is 9.04. The van der Waals surface area contributed by atoms with Gasteiger partial charge in [0.15, 0.2) is 0 Å². The normalized spacial score (nSPS) is 7.20. The van der Waals surface area contributed by atoms with Gasteiger partial charge in [-0.3, -0.25) is 0 Å². The number of halogens is 1. The van der Waals surface area contributed by atoms with Crippen molar-refractivity contribution in [1.82, 2.24) is 0 Å². The van der Waals surface area contributed by atoms with Crippen molar-refractivity contribution in [3.63, 3.8) is 0 Å². The molecule has 0 fully saturated rings. The minimum atomic E-state index is -0.167. The molecule has 0 aliphatic heterocycles.